The summed E-state index contributed by atoms with van der Waals surface area (Å²) in [4.78, 5) is 24.7. The van der Waals surface area contributed by atoms with E-state index in [-0.39, 0.29) is 24.2 Å². The maximum atomic E-state index is 11.9. The van der Waals surface area contributed by atoms with Gasteiger partial charge in [0.2, 0.25) is 0 Å². The maximum absolute atomic E-state index is 11.9. The summed E-state index contributed by atoms with van der Waals surface area (Å²) in [6.45, 7) is 0.393. The lowest BCUT2D eigenvalue weighted by Crippen LogP contribution is -2.30. The van der Waals surface area contributed by atoms with Crippen LogP contribution in [-0.4, -0.2) is 30.8 Å². The summed E-state index contributed by atoms with van der Waals surface area (Å²) in [5.74, 6) is -0.424. The molecule has 5 heteroatoms. The van der Waals surface area contributed by atoms with Crippen molar-refractivity contribution >= 4 is 34.4 Å². The molecule has 0 spiro atoms. The summed E-state index contributed by atoms with van der Waals surface area (Å²) < 4.78 is 5.07. The number of fused-ring (bicyclic) bond motifs is 1. The molecule has 1 N–H and O–H groups in total. The molecular formula is C22H25NO3S. The minimum absolute atomic E-state index is 0.193. The second-order valence-corrected chi connectivity index (χ2v) is 7.72. The molecule has 1 aliphatic rings. The topological polar surface area (TPSA) is 55.4 Å². The van der Waals surface area contributed by atoms with Crippen molar-refractivity contribution in [2.24, 2.45) is 0 Å². The van der Waals surface area contributed by atoms with Crippen molar-refractivity contribution in [2.75, 3.05) is 18.9 Å². The monoisotopic (exact) mass is 383 g/mol. The molecule has 0 aromatic heterocycles. The number of nitrogens with one attached hydrogen (secondary N) is 1. The molecule has 3 rings (SSSR count). The Morgan fingerprint density at radius 2 is 1.93 bits per heavy atom. The van der Waals surface area contributed by atoms with E-state index in [1.165, 1.54) is 35.6 Å². The first-order valence-electron chi connectivity index (χ1n) is 9.42. The molecule has 0 heterocycles. The third-order valence-corrected chi connectivity index (χ3v) is 5.56. The summed E-state index contributed by atoms with van der Waals surface area (Å²) in [6, 6.07) is 14.2. The summed E-state index contributed by atoms with van der Waals surface area (Å²) in [7, 11) is 0. The molecule has 142 valence electrons. The number of benzene rings is 2. The molecule has 0 saturated carbocycles. The third kappa shape index (κ3) is 6.43. The summed E-state index contributed by atoms with van der Waals surface area (Å²) in [6.07, 6.45) is 7.96. The molecule has 0 atom stereocenters. The number of ether oxygens (including phenoxy) is 1. The van der Waals surface area contributed by atoms with E-state index in [2.05, 4.69) is 23.5 Å². The van der Waals surface area contributed by atoms with Crippen molar-refractivity contribution in [1.82, 2.24) is 5.32 Å². The molecule has 0 fully saturated rings. The first-order chi connectivity index (χ1) is 13.2. The van der Waals surface area contributed by atoms with Gasteiger partial charge in [-0.1, -0.05) is 42.0 Å². The number of carbonyl (C=O) groups is 2. The van der Waals surface area contributed by atoms with E-state index in [0.717, 1.165) is 29.5 Å². The van der Waals surface area contributed by atoms with Crippen LogP contribution in [0.1, 0.15) is 32.1 Å². The van der Waals surface area contributed by atoms with Gasteiger partial charge >= 0.3 is 5.97 Å². The van der Waals surface area contributed by atoms with Crippen LogP contribution in [0.15, 0.2) is 59.0 Å². The van der Waals surface area contributed by atoms with Gasteiger partial charge in [0.15, 0.2) is 6.61 Å². The fourth-order valence-corrected chi connectivity index (χ4v) is 3.87. The smallest absolute Gasteiger partial charge is 0.316 e. The zero-order chi connectivity index (χ0) is 18.9. The molecule has 0 bridgehead atoms. The third-order valence-electron chi connectivity index (χ3n) is 4.60. The zero-order valence-corrected chi connectivity index (χ0v) is 16.2. The minimum Gasteiger partial charge on any atom is -0.455 e. The largest absolute Gasteiger partial charge is 0.455 e. The number of hydrogen-bond acceptors (Lipinski definition) is 4. The number of thioether (sulfide) groups is 1. The van der Waals surface area contributed by atoms with Gasteiger partial charge < -0.3 is 10.1 Å². The van der Waals surface area contributed by atoms with Crippen LogP contribution in [0.2, 0.25) is 0 Å². The average Bonchev–Trinajstić information content (AvgIpc) is 2.71. The Balaban J connectivity index is 1.33. The summed E-state index contributed by atoms with van der Waals surface area (Å²) >= 11 is 1.42. The fourth-order valence-electron chi connectivity index (χ4n) is 3.13. The van der Waals surface area contributed by atoms with E-state index in [9.17, 15) is 9.59 Å². The first-order valence-corrected chi connectivity index (χ1v) is 10.4. The van der Waals surface area contributed by atoms with Gasteiger partial charge in [0.05, 0.1) is 5.75 Å². The molecule has 1 amide bonds. The number of carbonyl (C=O) groups excluding carboxylic acids is 2. The van der Waals surface area contributed by atoms with Crippen LogP contribution in [0.4, 0.5) is 0 Å². The van der Waals surface area contributed by atoms with Crippen LogP contribution in [0.5, 0.6) is 0 Å². The lowest BCUT2D eigenvalue weighted by Gasteiger charge is -2.13. The highest BCUT2D eigenvalue weighted by Crippen LogP contribution is 2.23. The Kier molecular flexibility index (Phi) is 7.34. The lowest BCUT2D eigenvalue weighted by molar-refractivity contribution is -0.145. The van der Waals surface area contributed by atoms with Crippen LogP contribution in [0.3, 0.4) is 0 Å². The number of esters is 1. The minimum atomic E-state index is -0.377. The highest BCUT2D eigenvalue weighted by Gasteiger charge is 2.09. The zero-order valence-electron chi connectivity index (χ0n) is 15.4. The van der Waals surface area contributed by atoms with Gasteiger partial charge in [0, 0.05) is 11.4 Å². The normalized spacial score (nSPS) is 13.9. The summed E-state index contributed by atoms with van der Waals surface area (Å²) in [5.41, 5.74) is 1.42. The molecule has 0 unspecified atom stereocenters. The van der Waals surface area contributed by atoms with Crippen molar-refractivity contribution < 1.29 is 14.3 Å². The fraction of sp³-hybridized carbons (Fsp3) is 0.364. The molecule has 0 saturated heterocycles. The van der Waals surface area contributed by atoms with E-state index in [1.54, 1.807) is 0 Å². The Bertz CT molecular complexity index is 831. The van der Waals surface area contributed by atoms with E-state index in [1.807, 2.05) is 30.3 Å². The summed E-state index contributed by atoms with van der Waals surface area (Å²) in [5, 5.41) is 5.13. The van der Waals surface area contributed by atoms with Gasteiger partial charge in [-0.15, -0.1) is 11.8 Å². The first kappa shape index (κ1) is 19.5. The van der Waals surface area contributed by atoms with Crippen LogP contribution in [-0.2, 0) is 14.3 Å². The van der Waals surface area contributed by atoms with E-state index >= 15 is 0 Å². The van der Waals surface area contributed by atoms with Gasteiger partial charge in [-0.25, -0.2) is 0 Å². The number of hydrogen-bond donors (Lipinski definition) is 1. The van der Waals surface area contributed by atoms with Crippen molar-refractivity contribution in [3.8, 4) is 0 Å². The van der Waals surface area contributed by atoms with E-state index < -0.39 is 0 Å². The van der Waals surface area contributed by atoms with Crippen molar-refractivity contribution in [2.45, 2.75) is 37.0 Å². The average molecular weight is 384 g/mol. The Hall–Kier alpha value is -2.27. The second kappa shape index (κ2) is 10.2. The van der Waals surface area contributed by atoms with Gasteiger partial charge in [-0.3, -0.25) is 9.59 Å². The Labute approximate surface area is 164 Å². The molecule has 4 nitrogen and oxygen atoms in total. The van der Waals surface area contributed by atoms with E-state index in [4.69, 9.17) is 4.74 Å². The predicted molar refractivity (Wildman–Crippen MR) is 110 cm³/mol. The van der Waals surface area contributed by atoms with Crippen LogP contribution >= 0.6 is 11.8 Å². The van der Waals surface area contributed by atoms with E-state index in [0.29, 0.717) is 6.54 Å². The Morgan fingerprint density at radius 1 is 1.07 bits per heavy atom. The van der Waals surface area contributed by atoms with Crippen LogP contribution < -0.4 is 5.32 Å². The highest BCUT2D eigenvalue weighted by molar-refractivity contribution is 8.00. The molecule has 0 aliphatic heterocycles. The van der Waals surface area contributed by atoms with Gasteiger partial charge in [0.1, 0.15) is 0 Å². The Morgan fingerprint density at radius 3 is 2.74 bits per heavy atom. The lowest BCUT2D eigenvalue weighted by atomic mass is 9.97. The molecule has 1 aliphatic carbocycles. The maximum Gasteiger partial charge on any atom is 0.316 e. The van der Waals surface area contributed by atoms with Gasteiger partial charge in [-0.05, 0) is 55.0 Å². The standard InChI is InChI=1S/C22H25NO3S/c24-21(23-13-12-17-6-2-1-3-7-17)15-26-22(25)16-27-20-11-10-18-8-4-5-9-19(18)14-20/h4-6,8-11,14H,1-3,7,12-13,15-16H2,(H,23,24). The van der Waals surface area contributed by atoms with Gasteiger partial charge in [-0.2, -0.15) is 0 Å². The molecular weight excluding hydrogens is 358 g/mol. The predicted octanol–water partition coefficient (Wildman–Crippen LogP) is 4.48. The molecule has 27 heavy (non-hydrogen) atoms. The second-order valence-electron chi connectivity index (χ2n) is 6.67. The SMILES string of the molecule is O=C(COC(=O)CSc1ccc2ccccc2c1)NCCC1=CCCCC1. The quantitative estimate of drug-likeness (QED) is 0.415. The molecule has 2 aromatic rings. The highest BCUT2D eigenvalue weighted by atomic mass is 32.2. The van der Waals surface area contributed by atoms with Crippen LogP contribution in [0, 0.1) is 0 Å². The van der Waals surface area contributed by atoms with Crippen LogP contribution in [0.25, 0.3) is 10.8 Å². The van der Waals surface area contributed by atoms with Crippen molar-refractivity contribution in [1.29, 1.82) is 0 Å². The molecule has 2 aromatic carbocycles. The van der Waals surface area contributed by atoms with Crippen molar-refractivity contribution in [3.63, 3.8) is 0 Å². The number of amides is 1. The molecule has 0 radical (unpaired) electrons. The number of rotatable bonds is 8. The number of allylic oxidation sites excluding steroid dienone is 1. The van der Waals surface area contributed by atoms with Gasteiger partial charge in [0.25, 0.3) is 5.91 Å². The van der Waals surface area contributed by atoms with Crippen molar-refractivity contribution in [3.05, 3.63) is 54.1 Å².